The number of amides is 2. The molecule has 2 aromatic carbocycles. The number of benzene rings is 2. The average Bonchev–Trinajstić information content (AvgIpc) is 2.64. The Hall–Kier alpha value is -2.78. The minimum atomic E-state index is -3.65. The fourth-order valence-corrected chi connectivity index (χ4v) is 3.18. The topological polar surface area (TPSA) is 104 Å². The standard InChI is InChI=1S/C18H20FN3O4S/c1-13-6-8-14(9-7-13)27(25,26)22-11-10-20-17(23)12-21-18(24)15-4-2-3-5-16(15)19/h2-9,22H,10-12H2,1H3,(H,20,23)(H,21,24). The van der Waals surface area contributed by atoms with Gasteiger partial charge in [0.1, 0.15) is 5.82 Å². The Bertz CT molecular complexity index is 914. The van der Waals surface area contributed by atoms with E-state index in [1.165, 1.54) is 30.3 Å². The highest BCUT2D eigenvalue weighted by molar-refractivity contribution is 7.89. The maximum atomic E-state index is 13.5. The Morgan fingerprint density at radius 2 is 1.63 bits per heavy atom. The summed E-state index contributed by atoms with van der Waals surface area (Å²) in [5.41, 5.74) is 0.787. The number of hydrogen-bond acceptors (Lipinski definition) is 4. The van der Waals surface area contributed by atoms with Crippen molar-refractivity contribution in [2.75, 3.05) is 19.6 Å². The predicted molar refractivity (Wildman–Crippen MR) is 98.1 cm³/mol. The highest BCUT2D eigenvalue weighted by atomic mass is 32.2. The predicted octanol–water partition coefficient (Wildman–Crippen LogP) is 0.959. The van der Waals surface area contributed by atoms with Crippen LogP contribution in [0.5, 0.6) is 0 Å². The van der Waals surface area contributed by atoms with E-state index in [1.54, 1.807) is 12.1 Å². The molecule has 0 radical (unpaired) electrons. The molecular formula is C18H20FN3O4S. The van der Waals surface area contributed by atoms with Crippen LogP contribution in [-0.4, -0.2) is 39.9 Å². The number of carbonyl (C=O) groups excluding carboxylic acids is 2. The molecule has 0 bridgehead atoms. The molecule has 0 fully saturated rings. The van der Waals surface area contributed by atoms with Gasteiger partial charge in [-0.3, -0.25) is 9.59 Å². The van der Waals surface area contributed by atoms with Crippen LogP contribution in [0.25, 0.3) is 0 Å². The second kappa shape index (κ2) is 9.24. The molecule has 0 spiro atoms. The van der Waals surface area contributed by atoms with Crippen LogP contribution in [-0.2, 0) is 14.8 Å². The van der Waals surface area contributed by atoms with Gasteiger partial charge in [0.25, 0.3) is 5.91 Å². The molecule has 0 aliphatic rings. The van der Waals surface area contributed by atoms with Crippen LogP contribution >= 0.6 is 0 Å². The number of halogens is 1. The van der Waals surface area contributed by atoms with Crippen molar-refractivity contribution in [1.82, 2.24) is 15.4 Å². The van der Waals surface area contributed by atoms with E-state index in [9.17, 15) is 22.4 Å². The first-order valence-corrected chi connectivity index (χ1v) is 9.63. The van der Waals surface area contributed by atoms with Crippen LogP contribution in [0.1, 0.15) is 15.9 Å². The van der Waals surface area contributed by atoms with Gasteiger partial charge in [-0.2, -0.15) is 0 Å². The highest BCUT2D eigenvalue weighted by Crippen LogP contribution is 2.09. The van der Waals surface area contributed by atoms with Crippen LogP contribution in [0, 0.1) is 12.7 Å². The lowest BCUT2D eigenvalue weighted by atomic mass is 10.2. The molecule has 0 heterocycles. The van der Waals surface area contributed by atoms with Crippen molar-refractivity contribution in [2.24, 2.45) is 0 Å². The summed E-state index contributed by atoms with van der Waals surface area (Å²) in [5.74, 6) is -1.90. The second-order valence-corrected chi connectivity index (χ2v) is 7.49. The average molecular weight is 393 g/mol. The third-order valence-corrected chi connectivity index (χ3v) is 5.08. The zero-order valence-electron chi connectivity index (χ0n) is 14.7. The van der Waals surface area contributed by atoms with Crippen LogP contribution < -0.4 is 15.4 Å². The van der Waals surface area contributed by atoms with Crippen molar-refractivity contribution in [3.05, 3.63) is 65.5 Å². The van der Waals surface area contributed by atoms with Crippen LogP contribution in [0.3, 0.4) is 0 Å². The molecule has 144 valence electrons. The summed E-state index contributed by atoms with van der Waals surface area (Å²) in [7, 11) is -3.65. The number of hydrogen-bond donors (Lipinski definition) is 3. The van der Waals surface area contributed by atoms with Gasteiger partial charge in [0.2, 0.25) is 15.9 Å². The normalized spacial score (nSPS) is 11.0. The van der Waals surface area contributed by atoms with E-state index >= 15 is 0 Å². The lowest BCUT2D eigenvalue weighted by molar-refractivity contribution is -0.120. The molecule has 0 atom stereocenters. The van der Waals surface area contributed by atoms with Crippen molar-refractivity contribution in [1.29, 1.82) is 0 Å². The van der Waals surface area contributed by atoms with Crippen molar-refractivity contribution in [3.8, 4) is 0 Å². The summed E-state index contributed by atoms with van der Waals surface area (Å²) in [6.45, 7) is 1.53. The Morgan fingerprint density at radius 3 is 2.30 bits per heavy atom. The first-order valence-electron chi connectivity index (χ1n) is 8.15. The first kappa shape index (κ1) is 20.5. The number of nitrogens with one attached hydrogen (secondary N) is 3. The van der Waals surface area contributed by atoms with E-state index < -0.39 is 27.7 Å². The van der Waals surface area contributed by atoms with E-state index in [2.05, 4.69) is 15.4 Å². The van der Waals surface area contributed by atoms with E-state index in [0.717, 1.165) is 11.6 Å². The molecule has 0 saturated heterocycles. The summed E-state index contributed by atoms with van der Waals surface area (Å²) in [4.78, 5) is 23.6. The molecule has 2 amide bonds. The van der Waals surface area contributed by atoms with E-state index in [4.69, 9.17) is 0 Å². The summed E-state index contributed by atoms with van der Waals surface area (Å²) in [6.07, 6.45) is 0. The van der Waals surface area contributed by atoms with Gasteiger partial charge in [-0.05, 0) is 31.2 Å². The van der Waals surface area contributed by atoms with E-state index in [0.29, 0.717) is 0 Å². The first-order chi connectivity index (χ1) is 12.8. The van der Waals surface area contributed by atoms with Gasteiger partial charge in [-0.25, -0.2) is 17.5 Å². The lowest BCUT2D eigenvalue weighted by Gasteiger charge is -2.09. The number of rotatable bonds is 8. The minimum absolute atomic E-state index is 0.0107. The maximum absolute atomic E-state index is 13.5. The molecule has 0 unspecified atom stereocenters. The number of carbonyl (C=O) groups is 2. The summed E-state index contributed by atoms with van der Waals surface area (Å²) < 4.78 is 40.0. The fraction of sp³-hybridized carbons (Fsp3) is 0.222. The second-order valence-electron chi connectivity index (χ2n) is 5.72. The molecule has 7 nitrogen and oxygen atoms in total. The third kappa shape index (κ3) is 6.15. The number of sulfonamides is 1. The van der Waals surface area contributed by atoms with Crippen LogP contribution in [0.4, 0.5) is 4.39 Å². The molecule has 0 aliphatic heterocycles. The Morgan fingerprint density at radius 1 is 0.963 bits per heavy atom. The van der Waals surface area contributed by atoms with Gasteiger partial charge in [-0.1, -0.05) is 29.8 Å². The smallest absolute Gasteiger partial charge is 0.254 e. The summed E-state index contributed by atoms with van der Waals surface area (Å²) >= 11 is 0. The SMILES string of the molecule is Cc1ccc(S(=O)(=O)NCCNC(=O)CNC(=O)c2ccccc2F)cc1. The molecule has 3 N–H and O–H groups in total. The Kier molecular flexibility index (Phi) is 7.03. The molecule has 2 aromatic rings. The van der Waals surface area contributed by atoms with Gasteiger partial charge in [0.05, 0.1) is 17.0 Å². The van der Waals surface area contributed by atoms with Crippen molar-refractivity contribution >= 4 is 21.8 Å². The fourth-order valence-electron chi connectivity index (χ4n) is 2.15. The molecular weight excluding hydrogens is 373 g/mol. The quantitative estimate of drug-likeness (QED) is 0.581. The van der Waals surface area contributed by atoms with Crippen molar-refractivity contribution in [2.45, 2.75) is 11.8 Å². The summed E-state index contributed by atoms with van der Waals surface area (Å²) in [6, 6.07) is 11.8. The van der Waals surface area contributed by atoms with Gasteiger partial charge in [-0.15, -0.1) is 0 Å². The van der Waals surface area contributed by atoms with Gasteiger partial charge >= 0.3 is 0 Å². The van der Waals surface area contributed by atoms with Crippen LogP contribution in [0.2, 0.25) is 0 Å². The zero-order chi connectivity index (χ0) is 19.9. The van der Waals surface area contributed by atoms with Crippen molar-refractivity contribution in [3.63, 3.8) is 0 Å². The lowest BCUT2D eigenvalue weighted by Crippen LogP contribution is -2.40. The summed E-state index contributed by atoms with van der Waals surface area (Å²) in [5, 5.41) is 4.76. The number of aryl methyl sites for hydroxylation is 1. The van der Waals surface area contributed by atoms with Gasteiger partial charge in [0.15, 0.2) is 0 Å². The molecule has 0 aromatic heterocycles. The minimum Gasteiger partial charge on any atom is -0.353 e. The zero-order valence-corrected chi connectivity index (χ0v) is 15.5. The maximum Gasteiger partial charge on any atom is 0.254 e. The molecule has 0 saturated carbocycles. The molecule has 0 aliphatic carbocycles. The highest BCUT2D eigenvalue weighted by Gasteiger charge is 2.14. The molecule has 27 heavy (non-hydrogen) atoms. The molecule has 2 rings (SSSR count). The van der Waals surface area contributed by atoms with Crippen LogP contribution in [0.15, 0.2) is 53.4 Å². The van der Waals surface area contributed by atoms with E-state index in [1.807, 2.05) is 6.92 Å². The molecule has 9 heteroatoms. The van der Waals surface area contributed by atoms with E-state index in [-0.39, 0.29) is 30.1 Å². The van der Waals surface area contributed by atoms with Gasteiger partial charge in [0, 0.05) is 13.1 Å². The van der Waals surface area contributed by atoms with Gasteiger partial charge < -0.3 is 10.6 Å². The monoisotopic (exact) mass is 393 g/mol. The Balaban J connectivity index is 1.72. The van der Waals surface area contributed by atoms with Crippen molar-refractivity contribution < 1.29 is 22.4 Å². The largest absolute Gasteiger partial charge is 0.353 e. The Labute approximate surface area is 157 Å². The third-order valence-electron chi connectivity index (χ3n) is 3.60.